The Kier molecular flexibility index (Phi) is 5.55. The molecule has 4 aromatic rings. The smallest absolute Gasteiger partial charge is 0.351 e. The van der Waals surface area contributed by atoms with Gasteiger partial charge in [-0.2, -0.15) is 10.1 Å². The van der Waals surface area contributed by atoms with Gasteiger partial charge in [-0.05, 0) is 55.3 Å². The first kappa shape index (κ1) is 22.1. The van der Waals surface area contributed by atoms with E-state index in [-0.39, 0.29) is 24.3 Å². The molecular formula is C26H25N5O5. The number of benzene rings is 1. The van der Waals surface area contributed by atoms with Gasteiger partial charge in [0, 0.05) is 37.1 Å². The molecule has 1 atom stereocenters. The number of pyridine rings is 1. The normalized spacial score (nSPS) is 15.7. The highest BCUT2D eigenvalue weighted by Gasteiger charge is 2.24. The Balaban J connectivity index is 1.17. The molecule has 0 saturated carbocycles. The summed E-state index contributed by atoms with van der Waals surface area (Å²) in [4.78, 5) is 21.0. The Morgan fingerprint density at radius 1 is 1.17 bits per heavy atom. The third-order valence-electron chi connectivity index (χ3n) is 6.35. The molecule has 0 amide bonds. The minimum Gasteiger partial charge on any atom is -0.487 e. The number of aromatic nitrogens is 5. The van der Waals surface area contributed by atoms with Crippen molar-refractivity contribution in [3.8, 4) is 34.5 Å². The molecule has 184 valence electrons. The third-order valence-corrected chi connectivity index (χ3v) is 6.35. The van der Waals surface area contributed by atoms with Crippen LogP contribution in [-0.2, 0) is 26.6 Å². The van der Waals surface area contributed by atoms with Crippen LogP contribution in [-0.4, -0.2) is 43.6 Å². The van der Waals surface area contributed by atoms with E-state index in [4.69, 9.17) is 18.9 Å². The molecule has 0 bridgehead atoms. The van der Waals surface area contributed by atoms with Crippen molar-refractivity contribution in [1.82, 2.24) is 24.3 Å². The minimum atomic E-state index is -0.339. The summed E-state index contributed by atoms with van der Waals surface area (Å²) in [6.07, 6.45) is 2.03. The monoisotopic (exact) mass is 487 g/mol. The van der Waals surface area contributed by atoms with E-state index in [0.717, 1.165) is 34.0 Å². The van der Waals surface area contributed by atoms with Gasteiger partial charge in [-0.3, -0.25) is 9.25 Å². The van der Waals surface area contributed by atoms with Gasteiger partial charge < -0.3 is 18.9 Å². The zero-order valence-electron chi connectivity index (χ0n) is 20.0. The number of hydrogen-bond acceptors (Lipinski definition) is 8. The van der Waals surface area contributed by atoms with E-state index in [9.17, 15) is 4.79 Å². The molecular weight excluding hydrogens is 462 g/mol. The van der Waals surface area contributed by atoms with Crippen LogP contribution in [0, 0.1) is 6.92 Å². The molecule has 0 radical (unpaired) electrons. The van der Waals surface area contributed by atoms with Crippen LogP contribution in [0.3, 0.4) is 0 Å². The predicted molar refractivity (Wildman–Crippen MR) is 130 cm³/mol. The van der Waals surface area contributed by atoms with Crippen LogP contribution in [0.1, 0.15) is 17.0 Å². The van der Waals surface area contributed by atoms with Crippen LogP contribution < -0.4 is 24.6 Å². The Labute approximate surface area is 207 Å². The lowest BCUT2D eigenvalue weighted by Crippen LogP contribution is -2.35. The highest BCUT2D eigenvalue weighted by atomic mass is 16.6. The lowest BCUT2D eigenvalue weighted by atomic mass is 9.97. The van der Waals surface area contributed by atoms with Gasteiger partial charge in [0.15, 0.2) is 11.9 Å². The van der Waals surface area contributed by atoms with Crippen LogP contribution in [0.25, 0.3) is 11.3 Å². The summed E-state index contributed by atoms with van der Waals surface area (Å²) in [5.41, 5.74) is 4.46. The van der Waals surface area contributed by atoms with Gasteiger partial charge in [-0.15, -0.1) is 0 Å². The number of rotatable bonds is 6. The minimum absolute atomic E-state index is 0.191. The second-order valence-corrected chi connectivity index (χ2v) is 8.84. The average molecular weight is 488 g/mol. The average Bonchev–Trinajstić information content (AvgIpc) is 3.22. The van der Waals surface area contributed by atoms with Gasteiger partial charge in [-0.1, -0.05) is 0 Å². The molecule has 1 unspecified atom stereocenters. The second-order valence-electron chi connectivity index (χ2n) is 8.84. The fraction of sp³-hybridized carbons (Fsp3) is 0.308. The Hall–Kier alpha value is -4.34. The summed E-state index contributed by atoms with van der Waals surface area (Å²) >= 11 is 0. The van der Waals surface area contributed by atoms with E-state index in [2.05, 4.69) is 15.1 Å². The van der Waals surface area contributed by atoms with Crippen LogP contribution in [0.2, 0.25) is 0 Å². The fourth-order valence-electron chi connectivity index (χ4n) is 4.43. The van der Waals surface area contributed by atoms with Crippen LogP contribution in [0.4, 0.5) is 0 Å². The maximum Gasteiger partial charge on any atom is 0.351 e. The highest BCUT2D eigenvalue weighted by molar-refractivity contribution is 5.67. The van der Waals surface area contributed by atoms with Crippen molar-refractivity contribution >= 4 is 0 Å². The van der Waals surface area contributed by atoms with E-state index < -0.39 is 0 Å². The molecule has 3 aromatic heterocycles. The summed E-state index contributed by atoms with van der Waals surface area (Å²) in [7, 11) is 1.91. The van der Waals surface area contributed by atoms with Gasteiger partial charge in [0.1, 0.15) is 31.3 Å². The first-order valence-corrected chi connectivity index (χ1v) is 11.8. The van der Waals surface area contributed by atoms with Crippen molar-refractivity contribution in [2.24, 2.45) is 7.05 Å². The molecule has 0 aliphatic carbocycles. The van der Waals surface area contributed by atoms with E-state index >= 15 is 0 Å². The van der Waals surface area contributed by atoms with Gasteiger partial charge in [0.05, 0.1) is 5.69 Å². The summed E-state index contributed by atoms with van der Waals surface area (Å²) in [5, 5.41) is 4.44. The van der Waals surface area contributed by atoms with Gasteiger partial charge in [0.2, 0.25) is 5.88 Å². The first-order chi connectivity index (χ1) is 17.5. The van der Waals surface area contributed by atoms with Crippen LogP contribution in [0.15, 0.2) is 53.5 Å². The standard InChI is InChI=1S/C26H25N5O5/c1-16-10-18(29-30(16)2)13-33-19-5-6-21-17(11-19)7-9-31-22(21)12-24(28-26(31)32)34-14-20-15-35-25-23(36-20)4-3-8-27-25/h3-6,8,10-12,20H,7,9,13-15H2,1-2H3. The van der Waals surface area contributed by atoms with Crippen LogP contribution >= 0.6 is 0 Å². The molecule has 1 aromatic carbocycles. The molecule has 10 heteroatoms. The van der Waals surface area contributed by atoms with E-state index in [1.54, 1.807) is 29.0 Å². The topological polar surface area (TPSA) is 103 Å². The molecule has 10 nitrogen and oxygen atoms in total. The first-order valence-electron chi connectivity index (χ1n) is 11.8. The van der Waals surface area contributed by atoms with Gasteiger partial charge in [0.25, 0.3) is 5.88 Å². The van der Waals surface area contributed by atoms with Crippen molar-refractivity contribution < 1.29 is 18.9 Å². The van der Waals surface area contributed by atoms with Crippen molar-refractivity contribution in [3.63, 3.8) is 0 Å². The molecule has 0 N–H and O–H groups in total. The number of aryl methyl sites for hydroxylation is 3. The molecule has 2 aliphatic heterocycles. The molecule has 0 fully saturated rings. The molecule has 2 aliphatic rings. The third kappa shape index (κ3) is 4.26. The Bertz CT molecular complexity index is 1480. The molecule has 6 rings (SSSR count). The lowest BCUT2D eigenvalue weighted by Gasteiger charge is -2.25. The van der Waals surface area contributed by atoms with Crippen molar-refractivity contribution in [3.05, 3.63) is 76.1 Å². The molecule has 0 saturated heterocycles. The molecule has 36 heavy (non-hydrogen) atoms. The number of ether oxygens (including phenoxy) is 4. The van der Waals surface area contributed by atoms with E-state index in [0.29, 0.717) is 37.8 Å². The maximum absolute atomic E-state index is 12.7. The zero-order valence-corrected chi connectivity index (χ0v) is 20.0. The van der Waals surface area contributed by atoms with Gasteiger partial charge in [-0.25, -0.2) is 9.78 Å². The van der Waals surface area contributed by atoms with Crippen LogP contribution in [0.5, 0.6) is 23.3 Å². The van der Waals surface area contributed by atoms with Crippen molar-refractivity contribution in [1.29, 1.82) is 0 Å². The Morgan fingerprint density at radius 2 is 2.08 bits per heavy atom. The number of hydrogen-bond donors (Lipinski definition) is 0. The fourth-order valence-corrected chi connectivity index (χ4v) is 4.43. The summed E-state index contributed by atoms with van der Waals surface area (Å²) in [6.45, 7) is 3.44. The quantitative estimate of drug-likeness (QED) is 0.409. The maximum atomic E-state index is 12.7. The van der Waals surface area contributed by atoms with E-state index in [1.807, 2.05) is 42.9 Å². The largest absolute Gasteiger partial charge is 0.487 e. The number of nitrogens with zero attached hydrogens (tertiary/aromatic N) is 5. The highest BCUT2D eigenvalue weighted by Crippen LogP contribution is 2.33. The van der Waals surface area contributed by atoms with Crippen molar-refractivity contribution in [2.45, 2.75) is 32.6 Å². The molecule has 5 heterocycles. The van der Waals surface area contributed by atoms with Gasteiger partial charge >= 0.3 is 5.69 Å². The molecule has 0 spiro atoms. The summed E-state index contributed by atoms with van der Waals surface area (Å²) < 4.78 is 26.9. The summed E-state index contributed by atoms with van der Waals surface area (Å²) in [6, 6.07) is 13.3. The zero-order chi connectivity index (χ0) is 24.6. The predicted octanol–water partition coefficient (Wildman–Crippen LogP) is 2.70. The lowest BCUT2D eigenvalue weighted by molar-refractivity contribution is 0.0486. The van der Waals surface area contributed by atoms with Crippen molar-refractivity contribution in [2.75, 3.05) is 13.2 Å². The Morgan fingerprint density at radius 3 is 2.94 bits per heavy atom. The number of fused-ring (bicyclic) bond motifs is 4. The SMILES string of the molecule is Cc1cc(COc2ccc3c(c2)CCn2c-3cc(OCC3COc4ncccc4O3)nc2=O)nn1C. The summed E-state index contributed by atoms with van der Waals surface area (Å²) in [5.74, 6) is 2.06. The van der Waals surface area contributed by atoms with E-state index in [1.165, 1.54) is 0 Å². The second kappa shape index (κ2) is 9.03.